The number of hydrogen-bond donors (Lipinski definition) is 2. The van der Waals surface area contributed by atoms with Crippen LogP contribution in [0.25, 0.3) is 0 Å². The summed E-state index contributed by atoms with van der Waals surface area (Å²) < 4.78 is 5.25. The summed E-state index contributed by atoms with van der Waals surface area (Å²) in [5.41, 5.74) is -1.28. The van der Waals surface area contributed by atoms with Gasteiger partial charge in [-0.3, -0.25) is 19.4 Å². The minimum absolute atomic E-state index is 0.0124. The van der Waals surface area contributed by atoms with Crippen LogP contribution in [0.1, 0.15) is 5.56 Å². The summed E-state index contributed by atoms with van der Waals surface area (Å²) in [4.78, 5) is 21.9. The van der Waals surface area contributed by atoms with Crippen molar-refractivity contribution in [1.29, 1.82) is 0 Å². The molecule has 0 atom stereocenters. The topological polar surface area (TPSA) is 160 Å². The highest BCUT2D eigenvalue weighted by Gasteiger charge is 2.20. The minimum Gasteiger partial charge on any atom is -0.505 e. The van der Waals surface area contributed by atoms with E-state index in [1.54, 1.807) is 0 Å². The van der Waals surface area contributed by atoms with E-state index in [0.29, 0.717) is 0 Å². The Morgan fingerprint density at radius 2 is 2.04 bits per heavy atom. The predicted octanol–water partition coefficient (Wildman–Crippen LogP) is 1.08. The van der Waals surface area contributed by atoms with E-state index in [9.17, 15) is 25.1 Å². The van der Waals surface area contributed by atoms with E-state index >= 15 is 0 Å². The van der Waals surface area contributed by atoms with Gasteiger partial charge in [0.1, 0.15) is 11.0 Å². The Morgan fingerprint density at radius 1 is 1.39 bits per heavy atom. The quantitative estimate of drug-likeness (QED) is 0.480. The van der Waals surface area contributed by atoms with Crippen LogP contribution in [0.5, 0.6) is 11.6 Å². The van der Waals surface area contributed by atoms with Gasteiger partial charge in [0.15, 0.2) is 11.4 Å². The lowest BCUT2D eigenvalue weighted by Crippen LogP contribution is -2.36. The third kappa shape index (κ3) is 2.81. The molecule has 0 aliphatic rings. The van der Waals surface area contributed by atoms with Gasteiger partial charge in [-0.05, 0) is 6.92 Å². The highest BCUT2D eigenvalue weighted by atomic mass is 16.7. The maximum Gasteiger partial charge on any atom is 0.457 e. The molecule has 2 rings (SSSR count). The van der Waals surface area contributed by atoms with Crippen LogP contribution in [0.4, 0.5) is 17.4 Å². The highest BCUT2D eigenvalue weighted by Crippen LogP contribution is 2.33. The van der Waals surface area contributed by atoms with Crippen molar-refractivity contribution < 1.29 is 19.7 Å². The van der Waals surface area contributed by atoms with Crippen molar-refractivity contribution in [2.45, 2.75) is 6.92 Å². The van der Waals surface area contributed by atoms with Gasteiger partial charge in [-0.1, -0.05) is 5.16 Å². The van der Waals surface area contributed by atoms with E-state index in [1.807, 2.05) is 0 Å². The molecule has 0 unspecified atom stereocenters. The molecule has 122 valence electrons. The number of rotatable bonds is 4. The summed E-state index contributed by atoms with van der Waals surface area (Å²) >= 11 is 0. The zero-order valence-electron chi connectivity index (χ0n) is 12.3. The fraction of sp³-hybridized carbons (Fsp3) is 0.273. The Morgan fingerprint density at radius 3 is 2.57 bits per heavy atom. The molecule has 0 radical (unpaired) electrons. The lowest BCUT2D eigenvalue weighted by Gasteiger charge is -2.19. The largest absolute Gasteiger partial charge is 0.505 e. The fourth-order valence-corrected chi connectivity index (χ4v) is 1.69. The van der Waals surface area contributed by atoms with Crippen LogP contribution >= 0.6 is 0 Å². The molecule has 0 aliphatic carbocycles. The average Bonchev–Trinajstić information content (AvgIpc) is 2.94. The van der Waals surface area contributed by atoms with Crippen molar-refractivity contribution in [3.8, 4) is 11.6 Å². The summed E-state index contributed by atoms with van der Waals surface area (Å²) in [6, 6.07) is 0.901. The smallest absolute Gasteiger partial charge is 0.457 e. The van der Waals surface area contributed by atoms with Crippen LogP contribution in [0, 0.1) is 17.0 Å². The minimum atomic E-state index is -0.836. The molecule has 0 bridgehead atoms. The second-order valence-electron chi connectivity index (χ2n) is 4.59. The standard InChI is InChI=1S/C11H12N6O6/c1-5-9(18)8(11(20)16(10(5)19)15(2)3)13-12-6-4-7(17(21)22)23-14-6/h4,18-19H,1-3H3. The molecule has 0 spiro atoms. The average molecular weight is 324 g/mol. The van der Waals surface area contributed by atoms with Crippen molar-refractivity contribution in [1.82, 2.24) is 9.83 Å². The normalized spacial score (nSPS) is 11.1. The van der Waals surface area contributed by atoms with Gasteiger partial charge in [-0.25, -0.2) is 0 Å². The first-order valence-electron chi connectivity index (χ1n) is 6.12. The molecular formula is C11H12N6O6. The molecule has 0 saturated heterocycles. The third-order valence-electron chi connectivity index (χ3n) is 2.83. The molecule has 12 nitrogen and oxygen atoms in total. The highest BCUT2D eigenvalue weighted by molar-refractivity contribution is 5.56. The molecule has 0 saturated carbocycles. The van der Waals surface area contributed by atoms with E-state index < -0.39 is 33.7 Å². The molecule has 0 aliphatic heterocycles. The maximum absolute atomic E-state index is 12.2. The number of nitro groups is 1. The maximum atomic E-state index is 12.2. The number of hydrogen-bond acceptors (Lipinski definition) is 10. The monoisotopic (exact) mass is 324 g/mol. The second-order valence-corrected chi connectivity index (χ2v) is 4.59. The number of aromatic nitrogens is 2. The predicted molar refractivity (Wildman–Crippen MR) is 76.2 cm³/mol. The van der Waals surface area contributed by atoms with Crippen molar-refractivity contribution in [3.05, 3.63) is 32.1 Å². The Labute approximate surface area is 128 Å². The van der Waals surface area contributed by atoms with Gasteiger partial charge in [0.05, 0.1) is 5.56 Å². The first-order valence-corrected chi connectivity index (χ1v) is 6.12. The third-order valence-corrected chi connectivity index (χ3v) is 2.83. The van der Waals surface area contributed by atoms with Crippen LogP contribution in [0.15, 0.2) is 25.6 Å². The van der Waals surface area contributed by atoms with Gasteiger partial charge < -0.3 is 15.2 Å². The molecule has 23 heavy (non-hydrogen) atoms. The number of aromatic hydroxyl groups is 2. The summed E-state index contributed by atoms with van der Waals surface area (Å²) in [6.45, 7) is 1.38. The molecular weight excluding hydrogens is 312 g/mol. The van der Waals surface area contributed by atoms with Crippen LogP contribution < -0.4 is 10.6 Å². The molecule has 0 amide bonds. The van der Waals surface area contributed by atoms with Gasteiger partial charge in [0, 0.05) is 14.1 Å². The van der Waals surface area contributed by atoms with E-state index in [2.05, 4.69) is 19.9 Å². The van der Waals surface area contributed by atoms with Crippen LogP contribution in [0.2, 0.25) is 0 Å². The lowest BCUT2D eigenvalue weighted by atomic mass is 10.2. The van der Waals surface area contributed by atoms with E-state index in [1.165, 1.54) is 26.0 Å². The van der Waals surface area contributed by atoms with Gasteiger partial charge >= 0.3 is 11.4 Å². The van der Waals surface area contributed by atoms with Crippen LogP contribution in [0.3, 0.4) is 0 Å². The molecule has 0 fully saturated rings. The molecule has 2 heterocycles. The molecule has 2 N–H and O–H groups in total. The first kappa shape index (κ1) is 15.9. The van der Waals surface area contributed by atoms with Gasteiger partial charge in [0.2, 0.25) is 11.7 Å². The summed E-state index contributed by atoms with van der Waals surface area (Å²) in [5, 5.41) is 41.9. The fourth-order valence-electron chi connectivity index (χ4n) is 1.69. The van der Waals surface area contributed by atoms with Crippen LogP contribution in [-0.2, 0) is 0 Å². The Bertz CT molecular complexity index is 851. The number of pyridine rings is 1. The summed E-state index contributed by atoms with van der Waals surface area (Å²) in [6.07, 6.45) is 0. The Balaban J connectivity index is 2.53. The van der Waals surface area contributed by atoms with Crippen molar-refractivity contribution in [3.63, 3.8) is 0 Å². The molecule has 12 heteroatoms. The zero-order valence-corrected chi connectivity index (χ0v) is 12.3. The van der Waals surface area contributed by atoms with E-state index in [-0.39, 0.29) is 11.4 Å². The number of nitrogens with zero attached hydrogens (tertiary/aromatic N) is 6. The molecule has 0 aromatic carbocycles. The molecule has 2 aromatic rings. The Kier molecular flexibility index (Phi) is 3.98. The van der Waals surface area contributed by atoms with Gasteiger partial charge in [-0.2, -0.15) is 4.68 Å². The van der Waals surface area contributed by atoms with Gasteiger partial charge in [0.25, 0.3) is 0 Å². The van der Waals surface area contributed by atoms with E-state index in [0.717, 1.165) is 10.7 Å². The lowest BCUT2D eigenvalue weighted by molar-refractivity contribution is -0.404. The zero-order chi connectivity index (χ0) is 17.3. The van der Waals surface area contributed by atoms with Crippen molar-refractivity contribution in [2.24, 2.45) is 10.2 Å². The summed E-state index contributed by atoms with van der Waals surface area (Å²) in [7, 11) is 3.00. The van der Waals surface area contributed by atoms with Gasteiger partial charge in [-0.15, -0.1) is 10.2 Å². The first-order chi connectivity index (χ1) is 10.7. The Hall–Kier alpha value is -3.44. The SMILES string of the molecule is Cc1c(O)c(N=Nc2cc([N+](=O)[O-])on2)c(=O)n(N(C)C)c1O. The van der Waals surface area contributed by atoms with Crippen molar-refractivity contribution in [2.75, 3.05) is 19.1 Å². The summed E-state index contributed by atoms with van der Waals surface area (Å²) in [5.74, 6) is -1.91. The van der Waals surface area contributed by atoms with E-state index in [4.69, 9.17) is 0 Å². The molecule has 2 aromatic heterocycles. The van der Waals surface area contributed by atoms with Crippen molar-refractivity contribution >= 4 is 17.4 Å². The number of azo groups is 1. The second kappa shape index (κ2) is 5.75. The van der Waals surface area contributed by atoms with Crippen LogP contribution in [-0.4, -0.2) is 39.1 Å².